The normalized spacial score (nSPS) is 12.1. The van der Waals surface area contributed by atoms with Crippen LogP contribution in [0, 0.1) is 0 Å². The van der Waals surface area contributed by atoms with Gasteiger partial charge in [0.15, 0.2) is 11.6 Å². The molecule has 0 spiro atoms. The van der Waals surface area contributed by atoms with E-state index in [0.29, 0.717) is 16.5 Å². The van der Waals surface area contributed by atoms with Crippen molar-refractivity contribution in [1.29, 1.82) is 0 Å². The van der Waals surface area contributed by atoms with Gasteiger partial charge in [-0.1, -0.05) is 29.8 Å². The summed E-state index contributed by atoms with van der Waals surface area (Å²) in [6, 6.07) is 11.3. The number of nitrogens with one attached hydrogen (secondary N) is 1. The number of para-hydroxylation sites is 1. The predicted molar refractivity (Wildman–Crippen MR) is 113 cm³/mol. The second-order valence-electron chi connectivity index (χ2n) is 6.33. The maximum absolute atomic E-state index is 6.37. The molecule has 0 fully saturated rings. The molecule has 8 heteroatoms. The molecule has 0 unspecified atom stereocenters. The smallest absolute Gasteiger partial charge is 0.155 e. The summed E-state index contributed by atoms with van der Waals surface area (Å²) in [6.45, 7) is 2.00. The Morgan fingerprint density at radius 1 is 1.00 bits per heavy atom. The van der Waals surface area contributed by atoms with Crippen LogP contribution in [0.15, 0.2) is 55.1 Å². The van der Waals surface area contributed by atoms with Crippen LogP contribution in [0.5, 0.6) is 0 Å². The van der Waals surface area contributed by atoms with E-state index in [9.17, 15) is 0 Å². The molecule has 1 aromatic carbocycles. The summed E-state index contributed by atoms with van der Waals surface area (Å²) in [5.41, 5.74) is 15.6. The molecule has 7 nitrogen and oxygen atoms in total. The Bertz CT molecular complexity index is 1150. The van der Waals surface area contributed by atoms with Crippen LogP contribution >= 0.6 is 11.6 Å². The van der Waals surface area contributed by atoms with Crippen molar-refractivity contribution in [1.82, 2.24) is 19.9 Å². The quantitative estimate of drug-likeness (QED) is 0.480. The lowest BCUT2D eigenvalue weighted by atomic mass is 9.96. The Morgan fingerprint density at radius 2 is 1.86 bits per heavy atom. The van der Waals surface area contributed by atoms with E-state index in [2.05, 4.69) is 25.3 Å². The lowest BCUT2D eigenvalue weighted by Crippen LogP contribution is -2.13. The van der Waals surface area contributed by atoms with E-state index in [-0.39, 0.29) is 11.9 Å². The zero-order valence-electron chi connectivity index (χ0n) is 15.1. The summed E-state index contributed by atoms with van der Waals surface area (Å²) in [5.74, 6) is 0.705. The number of nitrogen functional groups attached to an aromatic ring is 2. The van der Waals surface area contributed by atoms with Crippen molar-refractivity contribution in [3.63, 3.8) is 0 Å². The number of hydrogen-bond donors (Lipinski definition) is 3. The SMILES string of the molecule is C[C@@H](Nc1ncnc(N)c1N)c1cnc2c(Cl)cccc2c1-c1ccccn1. The highest BCUT2D eigenvalue weighted by Gasteiger charge is 2.19. The number of halogens is 1. The van der Waals surface area contributed by atoms with Crippen molar-refractivity contribution < 1.29 is 0 Å². The lowest BCUT2D eigenvalue weighted by molar-refractivity contribution is 0.870. The Kier molecular flexibility index (Phi) is 4.67. The molecule has 1 atom stereocenters. The van der Waals surface area contributed by atoms with Crippen LogP contribution in [0.1, 0.15) is 18.5 Å². The Hall–Kier alpha value is -3.45. The van der Waals surface area contributed by atoms with E-state index in [4.69, 9.17) is 23.1 Å². The molecule has 0 aliphatic rings. The molecule has 0 bridgehead atoms. The van der Waals surface area contributed by atoms with E-state index < -0.39 is 0 Å². The number of anilines is 3. The Labute approximate surface area is 166 Å². The molecule has 4 aromatic rings. The molecule has 0 aliphatic carbocycles. The highest BCUT2D eigenvalue weighted by Crippen LogP contribution is 2.36. The van der Waals surface area contributed by atoms with Gasteiger partial charge in [-0.05, 0) is 25.1 Å². The summed E-state index contributed by atoms with van der Waals surface area (Å²) >= 11 is 6.37. The van der Waals surface area contributed by atoms with Crippen molar-refractivity contribution in [3.8, 4) is 11.3 Å². The zero-order valence-corrected chi connectivity index (χ0v) is 15.9. The van der Waals surface area contributed by atoms with Crippen molar-refractivity contribution in [2.45, 2.75) is 13.0 Å². The van der Waals surface area contributed by atoms with Crippen LogP contribution in [0.2, 0.25) is 5.02 Å². The zero-order chi connectivity index (χ0) is 19.7. The van der Waals surface area contributed by atoms with Crippen molar-refractivity contribution in [2.75, 3.05) is 16.8 Å². The van der Waals surface area contributed by atoms with E-state index in [0.717, 1.165) is 27.7 Å². The summed E-state index contributed by atoms with van der Waals surface area (Å²) in [4.78, 5) is 17.2. The minimum absolute atomic E-state index is 0.176. The summed E-state index contributed by atoms with van der Waals surface area (Å²) < 4.78 is 0. The van der Waals surface area contributed by atoms with E-state index in [1.54, 1.807) is 12.4 Å². The maximum atomic E-state index is 6.37. The Balaban J connectivity index is 1.88. The average molecular weight is 392 g/mol. The number of hydrogen-bond acceptors (Lipinski definition) is 7. The highest BCUT2D eigenvalue weighted by molar-refractivity contribution is 6.35. The largest absolute Gasteiger partial charge is 0.393 e. The number of aromatic nitrogens is 4. The number of pyridine rings is 2. The molecule has 0 amide bonds. The van der Waals surface area contributed by atoms with Crippen LogP contribution in [-0.2, 0) is 0 Å². The minimum atomic E-state index is -0.176. The summed E-state index contributed by atoms with van der Waals surface area (Å²) in [5, 5.41) is 4.82. The van der Waals surface area contributed by atoms with Gasteiger partial charge in [-0.2, -0.15) is 0 Å². The standard InChI is InChI=1S/C20H18ClN7/c1-11(28-20-17(22)19(23)26-10-27-20)13-9-25-18-12(5-4-6-14(18)21)16(13)15-7-2-3-8-24-15/h2-11H,22H2,1H3,(H3,23,26,27,28)/t11-/m1/s1. The van der Waals surface area contributed by atoms with Gasteiger partial charge in [-0.15, -0.1) is 0 Å². The first-order valence-corrected chi connectivity index (χ1v) is 9.05. The first kappa shape index (κ1) is 17.9. The molecule has 0 radical (unpaired) electrons. The summed E-state index contributed by atoms with van der Waals surface area (Å²) in [6.07, 6.45) is 4.94. The van der Waals surface area contributed by atoms with E-state index in [1.807, 2.05) is 43.3 Å². The molecule has 0 saturated heterocycles. The number of rotatable bonds is 4. The predicted octanol–water partition coefficient (Wildman–Crippen LogP) is 4.08. The fraction of sp³-hybridized carbons (Fsp3) is 0.100. The van der Waals surface area contributed by atoms with Gasteiger partial charge in [0.25, 0.3) is 0 Å². The number of nitrogens with two attached hydrogens (primary N) is 2. The molecule has 5 N–H and O–H groups in total. The third-order valence-electron chi connectivity index (χ3n) is 4.53. The van der Waals surface area contributed by atoms with Crippen LogP contribution in [-0.4, -0.2) is 19.9 Å². The molecule has 4 rings (SSSR count). The van der Waals surface area contributed by atoms with Gasteiger partial charge in [0.1, 0.15) is 12.0 Å². The van der Waals surface area contributed by atoms with Gasteiger partial charge in [0.05, 0.1) is 22.3 Å². The second-order valence-corrected chi connectivity index (χ2v) is 6.73. The molecular weight excluding hydrogens is 374 g/mol. The highest BCUT2D eigenvalue weighted by atomic mass is 35.5. The second kappa shape index (κ2) is 7.28. The molecule has 3 aromatic heterocycles. The summed E-state index contributed by atoms with van der Waals surface area (Å²) in [7, 11) is 0. The Morgan fingerprint density at radius 3 is 2.64 bits per heavy atom. The molecule has 0 aliphatic heterocycles. The number of nitrogens with zero attached hydrogens (tertiary/aromatic N) is 4. The van der Waals surface area contributed by atoms with Crippen molar-refractivity contribution >= 4 is 39.8 Å². The van der Waals surface area contributed by atoms with Crippen molar-refractivity contribution in [3.05, 3.63) is 65.7 Å². The fourth-order valence-corrected chi connectivity index (χ4v) is 3.36. The lowest BCUT2D eigenvalue weighted by Gasteiger charge is -2.20. The van der Waals surface area contributed by atoms with Crippen LogP contribution in [0.4, 0.5) is 17.3 Å². The third-order valence-corrected chi connectivity index (χ3v) is 4.84. The van der Waals surface area contributed by atoms with Crippen LogP contribution in [0.3, 0.4) is 0 Å². The van der Waals surface area contributed by atoms with Gasteiger partial charge in [-0.3, -0.25) is 9.97 Å². The maximum Gasteiger partial charge on any atom is 0.155 e. The molecule has 140 valence electrons. The van der Waals surface area contributed by atoms with Gasteiger partial charge in [0, 0.05) is 28.9 Å². The van der Waals surface area contributed by atoms with E-state index in [1.165, 1.54) is 6.33 Å². The molecule has 0 saturated carbocycles. The third kappa shape index (κ3) is 3.16. The van der Waals surface area contributed by atoms with Crippen LogP contribution < -0.4 is 16.8 Å². The molecule has 3 heterocycles. The average Bonchev–Trinajstić information content (AvgIpc) is 2.71. The first-order valence-electron chi connectivity index (χ1n) is 8.67. The molecular formula is C20H18ClN7. The first-order chi connectivity index (χ1) is 13.6. The minimum Gasteiger partial charge on any atom is -0.393 e. The molecule has 28 heavy (non-hydrogen) atoms. The fourth-order valence-electron chi connectivity index (χ4n) is 3.13. The van der Waals surface area contributed by atoms with Gasteiger partial charge in [-0.25, -0.2) is 9.97 Å². The number of fused-ring (bicyclic) bond motifs is 1. The monoisotopic (exact) mass is 391 g/mol. The van der Waals surface area contributed by atoms with Crippen molar-refractivity contribution in [2.24, 2.45) is 0 Å². The van der Waals surface area contributed by atoms with E-state index >= 15 is 0 Å². The van der Waals surface area contributed by atoms with Gasteiger partial charge in [0.2, 0.25) is 0 Å². The number of benzene rings is 1. The van der Waals surface area contributed by atoms with Gasteiger partial charge < -0.3 is 16.8 Å². The van der Waals surface area contributed by atoms with Gasteiger partial charge >= 0.3 is 0 Å². The van der Waals surface area contributed by atoms with Crippen LogP contribution in [0.25, 0.3) is 22.2 Å². The topological polar surface area (TPSA) is 116 Å².